The second-order valence-electron chi connectivity index (χ2n) is 6.06. The van der Waals surface area contributed by atoms with Crippen LogP contribution >= 0.6 is 12.4 Å². The van der Waals surface area contributed by atoms with E-state index in [0.717, 1.165) is 38.9 Å². The smallest absolute Gasteiger partial charge is 0.237 e. The van der Waals surface area contributed by atoms with Crippen LogP contribution in [0.15, 0.2) is 0 Å². The topological polar surface area (TPSA) is 49.6 Å². The number of carbonyl (C=O) groups excluding carboxylic acids is 1. The van der Waals surface area contributed by atoms with E-state index in [1.807, 2.05) is 0 Å². The summed E-state index contributed by atoms with van der Waals surface area (Å²) in [5.74, 6) is 0.904. The second-order valence-corrected chi connectivity index (χ2v) is 6.06. The molecule has 0 bridgehead atoms. The van der Waals surface area contributed by atoms with E-state index in [1.54, 1.807) is 0 Å². The van der Waals surface area contributed by atoms with Gasteiger partial charge in [0.1, 0.15) is 0 Å². The predicted molar refractivity (Wildman–Crippen MR) is 80.5 cm³/mol. The fraction of sp³-hybridized carbons (Fsp3) is 0.929. The summed E-state index contributed by atoms with van der Waals surface area (Å²) in [6, 6.07) is 0.823. The highest BCUT2D eigenvalue weighted by atomic mass is 35.5. The molecule has 3 unspecified atom stereocenters. The Morgan fingerprint density at radius 3 is 2.37 bits per heavy atom. The van der Waals surface area contributed by atoms with Crippen LogP contribution in [-0.4, -0.2) is 54.0 Å². The molecular weight excluding hydrogens is 262 g/mol. The van der Waals surface area contributed by atoms with Crippen molar-refractivity contribution in [3.05, 3.63) is 0 Å². The summed E-state index contributed by atoms with van der Waals surface area (Å²) in [7, 11) is 0. The van der Waals surface area contributed by atoms with Gasteiger partial charge in [-0.25, -0.2) is 0 Å². The zero-order chi connectivity index (χ0) is 13.1. The molecule has 0 aromatic carbocycles. The van der Waals surface area contributed by atoms with Crippen LogP contribution in [0.25, 0.3) is 0 Å². The van der Waals surface area contributed by atoms with E-state index in [0.29, 0.717) is 30.5 Å². The Bertz CT molecular complexity index is 290. The van der Waals surface area contributed by atoms with E-state index >= 15 is 0 Å². The quantitative estimate of drug-likeness (QED) is 0.856. The molecule has 0 radical (unpaired) electrons. The molecule has 2 fully saturated rings. The Morgan fingerprint density at radius 1 is 1.21 bits per heavy atom. The predicted octanol–water partition coefficient (Wildman–Crippen LogP) is 1.48. The van der Waals surface area contributed by atoms with Crippen LogP contribution in [0.3, 0.4) is 0 Å². The molecule has 112 valence electrons. The van der Waals surface area contributed by atoms with E-state index in [4.69, 9.17) is 5.73 Å². The van der Waals surface area contributed by atoms with Crippen LogP contribution in [0.5, 0.6) is 0 Å². The summed E-state index contributed by atoms with van der Waals surface area (Å²) in [6.07, 6.45) is 4.71. The number of amides is 1. The van der Waals surface area contributed by atoms with Gasteiger partial charge in [-0.1, -0.05) is 0 Å². The van der Waals surface area contributed by atoms with Crippen LogP contribution in [0.4, 0.5) is 0 Å². The molecule has 2 rings (SSSR count). The molecule has 0 saturated carbocycles. The summed E-state index contributed by atoms with van der Waals surface area (Å²) in [6.45, 7) is 7.73. The maximum absolute atomic E-state index is 12.4. The molecule has 3 atom stereocenters. The largest absolute Gasteiger partial charge is 0.336 e. The van der Waals surface area contributed by atoms with Gasteiger partial charge < -0.3 is 10.6 Å². The van der Waals surface area contributed by atoms with Crippen molar-refractivity contribution in [1.82, 2.24) is 9.80 Å². The van der Waals surface area contributed by atoms with Crippen LogP contribution in [0.2, 0.25) is 0 Å². The van der Waals surface area contributed by atoms with E-state index in [9.17, 15) is 4.79 Å². The monoisotopic (exact) mass is 289 g/mol. The maximum atomic E-state index is 12.4. The molecule has 19 heavy (non-hydrogen) atoms. The number of nitrogens with zero attached hydrogens (tertiary/aromatic N) is 2. The molecule has 2 heterocycles. The normalized spacial score (nSPS) is 32.2. The number of piperidine rings is 1. The number of likely N-dealkylation sites (tertiary alicyclic amines) is 2. The third kappa shape index (κ3) is 4.07. The van der Waals surface area contributed by atoms with Gasteiger partial charge in [-0.05, 0) is 58.5 Å². The summed E-state index contributed by atoms with van der Waals surface area (Å²) in [4.78, 5) is 16.8. The zero-order valence-corrected chi connectivity index (χ0v) is 13.0. The Balaban J connectivity index is 0.00000180. The molecule has 0 aromatic heterocycles. The second kappa shape index (κ2) is 7.46. The fourth-order valence-electron chi connectivity index (χ4n) is 3.43. The Hall–Kier alpha value is -0.320. The molecule has 0 spiro atoms. The first-order chi connectivity index (χ1) is 8.61. The minimum absolute atomic E-state index is 0. The number of rotatable bonds is 3. The molecule has 2 saturated heterocycles. The molecule has 0 aromatic rings. The van der Waals surface area contributed by atoms with Gasteiger partial charge in [-0.15, -0.1) is 12.4 Å². The van der Waals surface area contributed by atoms with E-state index in [1.165, 1.54) is 6.42 Å². The third-order valence-corrected chi connectivity index (χ3v) is 4.54. The Kier molecular flexibility index (Phi) is 6.57. The average molecular weight is 290 g/mol. The van der Waals surface area contributed by atoms with Crippen molar-refractivity contribution >= 4 is 18.3 Å². The Morgan fingerprint density at radius 2 is 1.84 bits per heavy atom. The lowest BCUT2D eigenvalue weighted by molar-refractivity contribution is -0.138. The van der Waals surface area contributed by atoms with Gasteiger partial charge in [-0.2, -0.15) is 0 Å². The molecule has 2 aliphatic rings. The first-order valence-electron chi connectivity index (χ1n) is 7.35. The van der Waals surface area contributed by atoms with Gasteiger partial charge in [0.15, 0.2) is 0 Å². The standard InChI is InChI=1S/C14H27N3O.ClH/c1-11-4-3-5-12(2)17(11)14(18)10-16-7-6-13(8-15)9-16;/h11-13H,3-10,15H2,1-2H3;1H. The van der Waals surface area contributed by atoms with Crippen LogP contribution in [0, 0.1) is 5.92 Å². The lowest BCUT2D eigenvalue weighted by Crippen LogP contribution is -2.50. The van der Waals surface area contributed by atoms with Gasteiger partial charge in [0, 0.05) is 18.6 Å². The molecule has 5 heteroatoms. The first kappa shape index (κ1) is 16.7. The number of carbonyl (C=O) groups is 1. The fourth-order valence-corrected chi connectivity index (χ4v) is 3.43. The molecular formula is C14H28ClN3O. The summed E-state index contributed by atoms with van der Waals surface area (Å²) in [5.41, 5.74) is 5.69. The van der Waals surface area contributed by atoms with Gasteiger partial charge in [0.25, 0.3) is 0 Å². The van der Waals surface area contributed by atoms with Crippen molar-refractivity contribution < 1.29 is 4.79 Å². The van der Waals surface area contributed by atoms with E-state index in [-0.39, 0.29) is 12.4 Å². The van der Waals surface area contributed by atoms with Crippen molar-refractivity contribution in [3.63, 3.8) is 0 Å². The highest BCUT2D eigenvalue weighted by molar-refractivity contribution is 5.85. The van der Waals surface area contributed by atoms with Gasteiger partial charge in [-0.3, -0.25) is 9.69 Å². The summed E-state index contributed by atoms with van der Waals surface area (Å²) in [5, 5.41) is 0. The molecule has 2 N–H and O–H groups in total. The number of halogens is 1. The molecule has 0 aliphatic carbocycles. The van der Waals surface area contributed by atoms with Crippen LogP contribution in [0.1, 0.15) is 39.5 Å². The lowest BCUT2D eigenvalue weighted by Gasteiger charge is -2.39. The minimum Gasteiger partial charge on any atom is -0.336 e. The van der Waals surface area contributed by atoms with Crippen molar-refractivity contribution in [2.45, 2.75) is 51.6 Å². The summed E-state index contributed by atoms with van der Waals surface area (Å²) >= 11 is 0. The van der Waals surface area contributed by atoms with Gasteiger partial charge in [0.05, 0.1) is 6.54 Å². The SMILES string of the molecule is CC1CCCC(C)N1C(=O)CN1CCC(CN)C1.Cl. The van der Waals surface area contributed by atoms with Crippen molar-refractivity contribution in [3.8, 4) is 0 Å². The zero-order valence-electron chi connectivity index (χ0n) is 12.2. The molecule has 2 aliphatic heterocycles. The minimum atomic E-state index is 0. The Labute approximate surface area is 123 Å². The lowest BCUT2D eigenvalue weighted by atomic mass is 9.97. The number of hydrogen-bond donors (Lipinski definition) is 1. The van der Waals surface area contributed by atoms with Crippen LogP contribution < -0.4 is 5.73 Å². The van der Waals surface area contributed by atoms with Crippen LogP contribution in [-0.2, 0) is 4.79 Å². The number of hydrogen-bond acceptors (Lipinski definition) is 3. The van der Waals surface area contributed by atoms with E-state index < -0.39 is 0 Å². The first-order valence-corrected chi connectivity index (χ1v) is 7.35. The van der Waals surface area contributed by atoms with Crippen molar-refractivity contribution in [1.29, 1.82) is 0 Å². The number of nitrogens with two attached hydrogens (primary N) is 1. The third-order valence-electron chi connectivity index (χ3n) is 4.54. The molecule has 4 nitrogen and oxygen atoms in total. The highest BCUT2D eigenvalue weighted by Crippen LogP contribution is 2.23. The van der Waals surface area contributed by atoms with Crippen molar-refractivity contribution in [2.24, 2.45) is 11.7 Å². The van der Waals surface area contributed by atoms with Crippen molar-refractivity contribution in [2.75, 3.05) is 26.2 Å². The van der Waals surface area contributed by atoms with Gasteiger partial charge >= 0.3 is 0 Å². The molecule has 1 amide bonds. The average Bonchev–Trinajstić information content (AvgIpc) is 2.76. The van der Waals surface area contributed by atoms with Gasteiger partial charge in [0.2, 0.25) is 5.91 Å². The highest BCUT2D eigenvalue weighted by Gasteiger charge is 2.31. The maximum Gasteiger partial charge on any atom is 0.237 e. The summed E-state index contributed by atoms with van der Waals surface area (Å²) < 4.78 is 0. The van der Waals surface area contributed by atoms with E-state index in [2.05, 4.69) is 23.6 Å².